The van der Waals surface area contributed by atoms with Crippen molar-refractivity contribution in [1.82, 2.24) is 0 Å². The van der Waals surface area contributed by atoms with E-state index in [4.69, 9.17) is 9.84 Å². The van der Waals surface area contributed by atoms with Crippen LogP contribution >= 0.6 is 0 Å². The fourth-order valence-electron chi connectivity index (χ4n) is 1.10. The Morgan fingerprint density at radius 2 is 2.50 bits per heavy atom. The van der Waals surface area contributed by atoms with Crippen molar-refractivity contribution in [3.63, 3.8) is 0 Å². The van der Waals surface area contributed by atoms with Gasteiger partial charge in [0, 0.05) is 13.0 Å². The molecule has 0 aromatic rings. The maximum atomic E-state index is 10.5. The Bertz CT molecular complexity index is 112. The minimum absolute atomic E-state index is 0.103. The molecule has 3 nitrogen and oxygen atoms in total. The molecule has 1 atom stereocenters. The predicted octanol–water partition coefficient (Wildman–Crippen LogP) is 0.322. The molecule has 1 unspecified atom stereocenters. The van der Waals surface area contributed by atoms with Crippen LogP contribution in [0, 0.1) is 5.92 Å². The SMILES string of the molecule is O=C1CCC(CCO)CO1. The van der Waals surface area contributed by atoms with Crippen molar-refractivity contribution in [3.8, 4) is 0 Å². The third kappa shape index (κ3) is 1.99. The van der Waals surface area contributed by atoms with Crippen LogP contribution in [0.5, 0.6) is 0 Å². The Hall–Kier alpha value is -0.570. The summed E-state index contributed by atoms with van der Waals surface area (Å²) in [5.74, 6) is 0.289. The van der Waals surface area contributed by atoms with Crippen LogP contribution in [0.1, 0.15) is 19.3 Å². The van der Waals surface area contributed by atoms with Gasteiger partial charge in [0.2, 0.25) is 0 Å². The number of aliphatic hydroxyl groups is 1. The zero-order chi connectivity index (χ0) is 7.40. The van der Waals surface area contributed by atoms with Crippen LogP contribution in [0.2, 0.25) is 0 Å². The average molecular weight is 144 g/mol. The second kappa shape index (κ2) is 3.56. The summed E-state index contributed by atoms with van der Waals surface area (Å²) in [5.41, 5.74) is 0. The van der Waals surface area contributed by atoms with E-state index < -0.39 is 0 Å². The zero-order valence-corrected chi connectivity index (χ0v) is 5.88. The number of carbonyl (C=O) groups is 1. The Balaban J connectivity index is 2.19. The number of esters is 1. The third-order valence-corrected chi connectivity index (χ3v) is 1.77. The van der Waals surface area contributed by atoms with E-state index >= 15 is 0 Å². The van der Waals surface area contributed by atoms with Crippen molar-refractivity contribution in [1.29, 1.82) is 0 Å². The van der Waals surface area contributed by atoms with Crippen molar-refractivity contribution >= 4 is 5.97 Å². The minimum atomic E-state index is -0.103. The van der Waals surface area contributed by atoms with E-state index in [0.717, 1.165) is 12.8 Å². The van der Waals surface area contributed by atoms with E-state index in [9.17, 15) is 4.79 Å². The summed E-state index contributed by atoms with van der Waals surface area (Å²) in [5, 5.41) is 8.54. The van der Waals surface area contributed by atoms with Crippen molar-refractivity contribution < 1.29 is 14.6 Å². The molecule has 1 fully saturated rings. The standard InChI is InChI=1S/C7H12O3/c8-4-3-6-1-2-7(9)10-5-6/h6,8H,1-5H2. The lowest BCUT2D eigenvalue weighted by Gasteiger charge is -2.20. The van der Waals surface area contributed by atoms with Gasteiger partial charge in [-0.3, -0.25) is 4.79 Å². The van der Waals surface area contributed by atoms with Crippen LogP contribution in [0.4, 0.5) is 0 Å². The largest absolute Gasteiger partial charge is 0.465 e. The second-order valence-corrected chi connectivity index (χ2v) is 2.60. The quantitative estimate of drug-likeness (QED) is 0.568. The normalized spacial score (nSPS) is 26.1. The van der Waals surface area contributed by atoms with Gasteiger partial charge >= 0.3 is 5.97 Å². The van der Waals surface area contributed by atoms with Gasteiger partial charge in [-0.05, 0) is 18.8 Å². The molecule has 0 aromatic heterocycles. The van der Waals surface area contributed by atoms with Gasteiger partial charge in [0.25, 0.3) is 0 Å². The highest BCUT2D eigenvalue weighted by Gasteiger charge is 2.18. The first-order valence-electron chi connectivity index (χ1n) is 3.59. The molecule has 0 aromatic carbocycles. The topological polar surface area (TPSA) is 46.5 Å². The molecule has 1 aliphatic heterocycles. The molecule has 3 heteroatoms. The maximum absolute atomic E-state index is 10.5. The molecule has 0 radical (unpaired) electrons. The Morgan fingerprint density at radius 3 is 3.00 bits per heavy atom. The number of ether oxygens (including phenoxy) is 1. The summed E-state index contributed by atoms with van der Waals surface area (Å²) in [7, 11) is 0. The summed E-state index contributed by atoms with van der Waals surface area (Å²) in [6.07, 6.45) is 2.15. The summed E-state index contributed by atoms with van der Waals surface area (Å²) in [6.45, 7) is 0.696. The van der Waals surface area contributed by atoms with Crippen LogP contribution < -0.4 is 0 Å². The third-order valence-electron chi connectivity index (χ3n) is 1.77. The molecule has 1 saturated heterocycles. The van der Waals surface area contributed by atoms with Gasteiger partial charge in [-0.25, -0.2) is 0 Å². The summed E-state index contributed by atoms with van der Waals surface area (Å²) in [6, 6.07) is 0. The number of hydrogen-bond acceptors (Lipinski definition) is 3. The predicted molar refractivity (Wildman–Crippen MR) is 35.4 cm³/mol. The lowest BCUT2D eigenvalue weighted by atomic mass is 9.99. The van der Waals surface area contributed by atoms with Gasteiger partial charge in [0.15, 0.2) is 0 Å². The first-order chi connectivity index (χ1) is 4.83. The molecule has 0 bridgehead atoms. The summed E-state index contributed by atoms with van der Waals surface area (Å²) < 4.78 is 4.79. The van der Waals surface area contributed by atoms with E-state index in [1.807, 2.05) is 0 Å². The first kappa shape index (κ1) is 7.54. The molecular weight excluding hydrogens is 132 g/mol. The highest BCUT2D eigenvalue weighted by atomic mass is 16.5. The Labute approximate surface area is 60.0 Å². The summed E-state index contributed by atoms with van der Waals surface area (Å²) >= 11 is 0. The average Bonchev–Trinajstić information content (AvgIpc) is 1.95. The number of aliphatic hydroxyl groups excluding tert-OH is 1. The Morgan fingerprint density at radius 1 is 1.70 bits per heavy atom. The molecule has 58 valence electrons. The molecule has 0 spiro atoms. The van der Waals surface area contributed by atoms with Crippen molar-refractivity contribution in [3.05, 3.63) is 0 Å². The van der Waals surface area contributed by atoms with Gasteiger partial charge in [-0.1, -0.05) is 0 Å². The number of rotatable bonds is 2. The maximum Gasteiger partial charge on any atom is 0.305 e. The van der Waals surface area contributed by atoms with Gasteiger partial charge in [-0.15, -0.1) is 0 Å². The molecule has 1 aliphatic rings. The highest BCUT2D eigenvalue weighted by molar-refractivity contribution is 5.69. The van der Waals surface area contributed by atoms with E-state index in [1.165, 1.54) is 0 Å². The second-order valence-electron chi connectivity index (χ2n) is 2.60. The van der Waals surface area contributed by atoms with Crippen molar-refractivity contribution in [2.24, 2.45) is 5.92 Å². The van der Waals surface area contributed by atoms with Crippen molar-refractivity contribution in [2.45, 2.75) is 19.3 Å². The highest BCUT2D eigenvalue weighted by Crippen LogP contribution is 2.16. The first-order valence-corrected chi connectivity index (χ1v) is 3.59. The molecule has 0 aliphatic carbocycles. The zero-order valence-electron chi connectivity index (χ0n) is 5.88. The van der Waals surface area contributed by atoms with Gasteiger partial charge in [0.05, 0.1) is 6.61 Å². The van der Waals surface area contributed by atoms with Crippen LogP contribution in [0.25, 0.3) is 0 Å². The van der Waals surface area contributed by atoms with Gasteiger partial charge in [0.1, 0.15) is 0 Å². The van der Waals surface area contributed by atoms with Crippen LogP contribution in [-0.4, -0.2) is 24.3 Å². The molecule has 10 heavy (non-hydrogen) atoms. The minimum Gasteiger partial charge on any atom is -0.465 e. The van der Waals surface area contributed by atoms with E-state index in [0.29, 0.717) is 18.9 Å². The van der Waals surface area contributed by atoms with Gasteiger partial charge in [-0.2, -0.15) is 0 Å². The lowest BCUT2D eigenvalue weighted by Crippen LogP contribution is -2.22. The van der Waals surface area contributed by atoms with Crippen LogP contribution in [0.3, 0.4) is 0 Å². The van der Waals surface area contributed by atoms with E-state index in [2.05, 4.69) is 0 Å². The number of carbonyl (C=O) groups excluding carboxylic acids is 1. The Kier molecular flexibility index (Phi) is 2.68. The molecular formula is C7H12O3. The smallest absolute Gasteiger partial charge is 0.305 e. The molecule has 0 amide bonds. The fraction of sp³-hybridized carbons (Fsp3) is 0.857. The van der Waals surface area contributed by atoms with Crippen LogP contribution in [0.15, 0.2) is 0 Å². The van der Waals surface area contributed by atoms with Crippen molar-refractivity contribution in [2.75, 3.05) is 13.2 Å². The number of hydrogen-bond donors (Lipinski definition) is 1. The van der Waals surface area contributed by atoms with Gasteiger partial charge < -0.3 is 9.84 Å². The van der Waals surface area contributed by atoms with E-state index in [-0.39, 0.29) is 12.6 Å². The molecule has 1 heterocycles. The van der Waals surface area contributed by atoms with Crippen LogP contribution in [-0.2, 0) is 9.53 Å². The molecule has 1 rings (SSSR count). The van der Waals surface area contributed by atoms with E-state index in [1.54, 1.807) is 0 Å². The molecule has 1 N–H and O–H groups in total. The monoisotopic (exact) mass is 144 g/mol. The number of cyclic esters (lactones) is 1. The summed E-state index contributed by atoms with van der Waals surface area (Å²) in [4.78, 5) is 10.5. The fourth-order valence-corrected chi connectivity index (χ4v) is 1.10. The molecule has 0 saturated carbocycles. The lowest BCUT2D eigenvalue weighted by molar-refractivity contribution is -0.149.